The maximum Gasteiger partial charge on any atom is 0.255 e. The second-order valence-corrected chi connectivity index (χ2v) is 5.07. The van der Waals surface area contributed by atoms with E-state index in [1.165, 1.54) is 25.0 Å². The number of amides is 1. The summed E-state index contributed by atoms with van der Waals surface area (Å²) in [5.41, 5.74) is 1.24. The Bertz CT molecular complexity index is 468. The molecule has 1 unspecified atom stereocenters. The number of nitrogens with one attached hydrogen (secondary N) is 1. The van der Waals surface area contributed by atoms with Crippen LogP contribution >= 0.6 is 0 Å². The van der Waals surface area contributed by atoms with E-state index in [4.69, 9.17) is 0 Å². The van der Waals surface area contributed by atoms with Crippen LogP contribution in [0.25, 0.3) is 0 Å². The Morgan fingerprint density at radius 1 is 1.47 bits per heavy atom. The summed E-state index contributed by atoms with van der Waals surface area (Å²) in [6.45, 7) is 7.87. The smallest absolute Gasteiger partial charge is 0.255 e. The van der Waals surface area contributed by atoms with Crippen LogP contribution in [-0.4, -0.2) is 35.0 Å². The number of likely N-dealkylation sites (tertiary alicyclic amines) is 1. The Morgan fingerprint density at radius 2 is 2.16 bits per heavy atom. The highest BCUT2D eigenvalue weighted by molar-refractivity contribution is 5.95. The number of hydrogen-bond donors (Lipinski definition) is 2. The van der Waals surface area contributed by atoms with Crippen LogP contribution in [0.3, 0.4) is 0 Å². The number of phenols is 1. The van der Waals surface area contributed by atoms with Gasteiger partial charge in [-0.2, -0.15) is 0 Å². The molecule has 0 bridgehead atoms. The highest BCUT2D eigenvalue weighted by Crippen LogP contribution is 2.17. The van der Waals surface area contributed by atoms with Crippen LogP contribution in [0, 0.1) is 0 Å². The van der Waals surface area contributed by atoms with Crippen molar-refractivity contribution < 1.29 is 9.90 Å². The largest absolute Gasteiger partial charge is 0.508 e. The van der Waals surface area contributed by atoms with Gasteiger partial charge >= 0.3 is 0 Å². The van der Waals surface area contributed by atoms with E-state index in [1.807, 2.05) is 0 Å². The first-order chi connectivity index (χ1) is 9.06. The molecule has 0 aliphatic carbocycles. The van der Waals surface area contributed by atoms with Gasteiger partial charge in [0.1, 0.15) is 5.75 Å². The molecule has 1 atom stereocenters. The molecule has 0 spiro atoms. The number of rotatable bonds is 4. The van der Waals surface area contributed by atoms with Crippen molar-refractivity contribution in [2.24, 2.45) is 0 Å². The molecule has 1 heterocycles. The monoisotopic (exact) mass is 260 g/mol. The minimum absolute atomic E-state index is 0.154. The first-order valence-electron chi connectivity index (χ1n) is 6.58. The SMILES string of the molecule is C=C(CN1CCCC1C)NC(=O)c1ccc(O)cc1. The van der Waals surface area contributed by atoms with E-state index in [0.717, 1.165) is 6.54 Å². The molecule has 4 heteroatoms. The van der Waals surface area contributed by atoms with Gasteiger partial charge in [-0.25, -0.2) is 0 Å². The summed E-state index contributed by atoms with van der Waals surface area (Å²) in [5.74, 6) is -0.0295. The minimum Gasteiger partial charge on any atom is -0.508 e. The second-order valence-electron chi connectivity index (χ2n) is 5.07. The summed E-state index contributed by atoms with van der Waals surface area (Å²) >= 11 is 0. The van der Waals surface area contributed by atoms with Gasteiger partial charge in [0.2, 0.25) is 0 Å². The summed E-state index contributed by atoms with van der Waals surface area (Å²) in [7, 11) is 0. The van der Waals surface area contributed by atoms with Crippen LogP contribution in [0.15, 0.2) is 36.5 Å². The van der Waals surface area contributed by atoms with Gasteiger partial charge in [0.05, 0.1) is 0 Å². The summed E-state index contributed by atoms with van der Waals surface area (Å²) in [5, 5.41) is 12.0. The third-order valence-corrected chi connectivity index (χ3v) is 3.50. The van der Waals surface area contributed by atoms with Gasteiger partial charge < -0.3 is 10.4 Å². The zero-order chi connectivity index (χ0) is 13.8. The van der Waals surface area contributed by atoms with E-state index < -0.39 is 0 Å². The van der Waals surface area contributed by atoms with Crippen molar-refractivity contribution in [3.63, 3.8) is 0 Å². The van der Waals surface area contributed by atoms with Gasteiger partial charge in [0.15, 0.2) is 0 Å². The molecule has 1 aromatic rings. The first kappa shape index (κ1) is 13.6. The number of aromatic hydroxyl groups is 1. The fourth-order valence-electron chi connectivity index (χ4n) is 2.36. The molecule has 1 aromatic carbocycles. The molecule has 1 aliphatic heterocycles. The van der Waals surface area contributed by atoms with E-state index in [0.29, 0.717) is 23.8 Å². The van der Waals surface area contributed by atoms with Crippen molar-refractivity contribution >= 4 is 5.91 Å². The normalized spacial score (nSPS) is 19.3. The van der Waals surface area contributed by atoms with E-state index in [9.17, 15) is 9.90 Å². The molecule has 4 nitrogen and oxygen atoms in total. The molecule has 2 rings (SSSR count). The van der Waals surface area contributed by atoms with Gasteiger partial charge in [-0.15, -0.1) is 0 Å². The lowest BCUT2D eigenvalue weighted by atomic mass is 10.2. The molecular formula is C15H20N2O2. The molecule has 2 N–H and O–H groups in total. The molecule has 102 valence electrons. The van der Waals surface area contributed by atoms with Crippen LogP contribution in [0.4, 0.5) is 0 Å². The Hall–Kier alpha value is -1.81. The van der Waals surface area contributed by atoms with Crippen molar-refractivity contribution in [1.82, 2.24) is 10.2 Å². The molecular weight excluding hydrogens is 240 g/mol. The Labute approximate surface area is 113 Å². The van der Waals surface area contributed by atoms with E-state index in [-0.39, 0.29) is 11.7 Å². The molecule has 1 saturated heterocycles. The third kappa shape index (κ3) is 3.58. The molecule has 1 aliphatic rings. The number of carbonyl (C=O) groups is 1. The van der Waals surface area contributed by atoms with Gasteiger partial charge in [-0.1, -0.05) is 6.58 Å². The fourth-order valence-corrected chi connectivity index (χ4v) is 2.36. The maximum atomic E-state index is 11.9. The topological polar surface area (TPSA) is 52.6 Å². The minimum atomic E-state index is -0.183. The molecule has 1 fully saturated rings. The van der Waals surface area contributed by atoms with Crippen molar-refractivity contribution in [2.75, 3.05) is 13.1 Å². The predicted molar refractivity (Wildman–Crippen MR) is 75.0 cm³/mol. The van der Waals surface area contributed by atoms with Gasteiger partial charge in [0, 0.05) is 23.8 Å². The molecule has 1 amide bonds. The summed E-state index contributed by atoms with van der Waals surface area (Å²) < 4.78 is 0. The molecule has 0 radical (unpaired) electrons. The molecule has 0 aromatic heterocycles. The van der Waals surface area contributed by atoms with Crippen LogP contribution in [0.5, 0.6) is 5.75 Å². The van der Waals surface area contributed by atoms with E-state index in [1.54, 1.807) is 12.1 Å². The first-order valence-corrected chi connectivity index (χ1v) is 6.58. The average Bonchev–Trinajstić information content (AvgIpc) is 2.75. The van der Waals surface area contributed by atoms with E-state index in [2.05, 4.69) is 23.7 Å². The summed E-state index contributed by atoms with van der Waals surface area (Å²) in [4.78, 5) is 14.3. The van der Waals surface area contributed by atoms with Gasteiger partial charge in [0.25, 0.3) is 5.91 Å². The number of carbonyl (C=O) groups excluding carboxylic acids is 1. The summed E-state index contributed by atoms with van der Waals surface area (Å²) in [6.07, 6.45) is 2.42. The van der Waals surface area contributed by atoms with Crippen LogP contribution in [0.2, 0.25) is 0 Å². The van der Waals surface area contributed by atoms with Crippen molar-refractivity contribution in [1.29, 1.82) is 0 Å². The van der Waals surface area contributed by atoms with Crippen molar-refractivity contribution in [2.45, 2.75) is 25.8 Å². The average molecular weight is 260 g/mol. The Balaban J connectivity index is 1.88. The number of benzene rings is 1. The lowest BCUT2D eigenvalue weighted by Gasteiger charge is -2.22. The van der Waals surface area contributed by atoms with Crippen LogP contribution in [-0.2, 0) is 0 Å². The summed E-state index contributed by atoms with van der Waals surface area (Å²) in [6, 6.07) is 6.75. The Kier molecular flexibility index (Phi) is 4.22. The van der Waals surface area contributed by atoms with Crippen molar-refractivity contribution in [3.05, 3.63) is 42.1 Å². The zero-order valence-corrected chi connectivity index (χ0v) is 11.2. The lowest BCUT2D eigenvalue weighted by Crippen LogP contribution is -2.34. The third-order valence-electron chi connectivity index (χ3n) is 3.50. The Morgan fingerprint density at radius 3 is 2.74 bits per heavy atom. The van der Waals surface area contributed by atoms with Crippen LogP contribution in [0.1, 0.15) is 30.1 Å². The number of phenolic OH excluding ortho intramolecular Hbond substituents is 1. The van der Waals surface area contributed by atoms with Gasteiger partial charge in [-0.3, -0.25) is 9.69 Å². The number of nitrogens with zero attached hydrogens (tertiary/aromatic N) is 1. The zero-order valence-electron chi connectivity index (χ0n) is 11.2. The second kappa shape index (κ2) is 5.89. The van der Waals surface area contributed by atoms with Crippen LogP contribution < -0.4 is 5.32 Å². The van der Waals surface area contributed by atoms with E-state index >= 15 is 0 Å². The maximum absolute atomic E-state index is 11.9. The predicted octanol–water partition coefficient (Wildman–Crippen LogP) is 2.12. The van der Waals surface area contributed by atoms with Gasteiger partial charge in [-0.05, 0) is 50.6 Å². The fraction of sp³-hybridized carbons (Fsp3) is 0.400. The van der Waals surface area contributed by atoms with Crippen molar-refractivity contribution in [3.8, 4) is 5.75 Å². The standard InChI is InChI=1S/C15H20N2O2/c1-11(10-17-9-3-4-12(17)2)16-15(19)13-5-7-14(18)8-6-13/h5-8,12,18H,1,3-4,9-10H2,2H3,(H,16,19). The highest BCUT2D eigenvalue weighted by atomic mass is 16.3. The highest BCUT2D eigenvalue weighted by Gasteiger charge is 2.20. The molecule has 0 saturated carbocycles. The lowest BCUT2D eigenvalue weighted by molar-refractivity contribution is 0.0962. The quantitative estimate of drug-likeness (QED) is 0.872. The molecule has 19 heavy (non-hydrogen) atoms. The number of hydrogen-bond acceptors (Lipinski definition) is 3.